The SMILES string of the molecule is CC1C(=O)Nc2ccc(-c3cnc(NCC([AsH2])Cc4ccc(C(F)(F)F)cc4)s3)cc21. The summed E-state index contributed by atoms with van der Waals surface area (Å²) >= 11 is 3.08. The molecule has 0 saturated heterocycles. The van der Waals surface area contributed by atoms with Crippen LogP contribution in [-0.4, -0.2) is 34.3 Å². The minimum absolute atomic E-state index is 0.0164. The first-order valence-electron chi connectivity index (χ1n) is 9.77. The molecule has 3 aromatic rings. The van der Waals surface area contributed by atoms with Crippen LogP contribution in [0, 0.1) is 0 Å². The normalized spacial score (nSPS) is 16.7. The van der Waals surface area contributed by atoms with E-state index in [2.05, 4.69) is 15.6 Å². The van der Waals surface area contributed by atoms with E-state index in [1.54, 1.807) is 23.5 Å². The van der Waals surface area contributed by atoms with E-state index in [0.29, 0.717) is 13.0 Å². The number of hydrogen-bond acceptors (Lipinski definition) is 4. The summed E-state index contributed by atoms with van der Waals surface area (Å²) in [5.74, 6) is -0.142. The summed E-state index contributed by atoms with van der Waals surface area (Å²) in [5.41, 5.74) is 3.15. The first-order valence-corrected chi connectivity index (χ1v) is 12.0. The van der Waals surface area contributed by atoms with Crippen LogP contribution in [0.5, 0.6) is 0 Å². The Kier molecular flexibility index (Phi) is 6.13. The summed E-state index contributed by atoms with van der Waals surface area (Å²) in [5, 5.41) is 7.01. The number of rotatable bonds is 6. The van der Waals surface area contributed by atoms with Crippen molar-refractivity contribution in [2.24, 2.45) is 0 Å². The van der Waals surface area contributed by atoms with Gasteiger partial charge in [0, 0.05) is 0 Å². The molecule has 31 heavy (non-hydrogen) atoms. The fourth-order valence-corrected chi connectivity index (χ4v) is 5.12. The number of nitrogens with one attached hydrogen (secondary N) is 2. The molecule has 0 spiro atoms. The van der Waals surface area contributed by atoms with E-state index >= 15 is 0 Å². The number of nitrogens with zero attached hydrogens (tertiary/aromatic N) is 1. The van der Waals surface area contributed by atoms with Crippen LogP contribution in [0.1, 0.15) is 29.5 Å². The third kappa shape index (κ3) is 4.96. The Morgan fingerprint density at radius 3 is 2.68 bits per heavy atom. The average molecular weight is 507 g/mol. The van der Waals surface area contributed by atoms with E-state index in [4.69, 9.17) is 0 Å². The van der Waals surface area contributed by atoms with Crippen LogP contribution in [0.2, 0.25) is 4.71 Å². The molecule has 4 rings (SSSR count). The number of anilines is 2. The molecule has 4 nitrogen and oxygen atoms in total. The number of hydrogen-bond donors (Lipinski definition) is 2. The summed E-state index contributed by atoms with van der Waals surface area (Å²) in [4.78, 5) is 17.3. The second kappa shape index (κ2) is 8.67. The van der Waals surface area contributed by atoms with E-state index in [1.165, 1.54) is 16.9 Å². The number of fused-ring (bicyclic) bond motifs is 1. The van der Waals surface area contributed by atoms with Gasteiger partial charge in [0.05, 0.1) is 0 Å². The first kappa shape index (κ1) is 21.9. The summed E-state index contributed by atoms with van der Waals surface area (Å²) in [6.07, 6.45) is -1.79. The van der Waals surface area contributed by atoms with E-state index in [1.807, 2.05) is 31.3 Å². The molecule has 0 radical (unpaired) electrons. The van der Waals surface area contributed by atoms with Gasteiger partial charge < -0.3 is 0 Å². The Balaban J connectivity index is 1.35. The molecule has 162 valence electrons. The van der Waals surface area contributed by atoms with E-state index in [0.717, 1.165) is 44.5 Å². The van der Waals surface area contributed by atoms with Crippen molar-refractivity contribution in [3.8, 4) is 10.4 Å². The van der Waals surface area contributed by atoms with Gasteiger partial charge in [-0.15, -0.1) is 0 Å². The average Bonchev–Trinajstić information content (AvgIpc) is 3.31. The zero-order valence-electron chi connectivity index (χ0n) is 16.7. The van der Waals surface area contributed by atoms with Gasteiger partial charge in [0.1, 0.15) is 0 Å². The van der Waals surface area contributed by atoms with E-state index in [-0.39, 0.29) is 16.5 Å². The van der Waals surface area contributed by atoms with Gasteiger partial charge in [0.15, 0.2) is 0 Å². The van der Waals surface area contributed by atoms with Crippen LogP contribution in [0.4, 0.5) is 24.0 Å². The molecular formula is C22H21AsF3N3OS. The van der Waals surface area contributed by atoms with Crippen LogP contribution in [0.15, 0.2) is 48.7 Å². The molecule has 1 amide bonds. The van der Waals surface area contributed by atoms with Gasteiger partial charge in [-0.2, -0.15) is 0 Å². The maximum atomic E-state index is 12.7. The number of carbonyl (C=O) groups is 1. The van der Waals surface area contributed by atoms with Crippen LogP contribution in [-0.2, 0) is 17.4 Å². The third-order valence-electron chi connectivity index (χ3n) is 5.25. The molecule has 1 aromatic heterocycles. The van der Waals surface area contributed by atoms with Crippen molar-refractivity contribution in [2.45, 2.75) is 30.1 Å². The molecule has 2 N–H and O–H groups in total. The Morgan fingerprint density at radius 1 is 1.23 bits per heavy atom. The number of thiazole rings is 1. The van der Waals surface area contributed by atoms with Crippen LogP contribution < -0.4 is 10.6 Å². The van der Waals surface area contributed by atoms with Gasteiger partial charge in [-0.1, -0.05) is 0 Å². The topological polar surface area (TPSA) is 54.0 Å². The van der Waals surface area contributed by atoms with Gasteiger partial charge in [-0.05, 0) is 0 Å². The number of halogens is 3. The monoisotopic (exact) mass is 507 g/mol. The Labute approximate surface area is 190 Å². The second-order valence-electron chi connectivity index (χ2n) is 7.58. The Hall–Kier alpha value is -2.31. The summed E-state index contributed by atoms with van der Waals surface area (Å²) in [6.45, 7) is 2.58. The van der Waals surface area contributed by atoms with Crippen molar-refractivity contribution in [3.05, 3.63) is 65.4 Å². The third-order valence-corrected chi connectivity index (χ3v) is 7.25. The van der Waals surface area contributed by atoms with Crippen molar-refractivity contribution < 1.29 is 18.0 Å². The van der Waals surface area contributed by atoms with Gasteiger partial charge in [0.2, 0.25) is 0 Å². The second-order valence-corrected chi connectivity index (χ2v) is 10.6. The molecule has 3 atom stereocenters. The Bertz CT molecular complexity index is 1100. The van der Waals surface area contributed by atoms with Crippen LogP contribution in [0.3, 0.4) is 0 Å². The zero-order valence-corrected chi connectivity index (χ0v) is 19.9. The first-order chi connectivity index (χ1) is 14.7. The molecular weight excluding hydrogens is 486 g/mol. The molecule has 2 aromatic carbocycles. The van der Waals surface area contributed by atoms with Gasteiger partial charge in [-0.3, -0.25) is 0 Å². The number of amides is 1. The molecule has 0 fully saturated rings. The molecule has 9 heteroatoms. The maximum absolute atomic E-state index is 12.7. The molecule has 3 unspecified atom stereocenters. The summed E-state index contributed by atoms with van der Waals surface area (Å²) in [7, 11) is 0. The number of carbonyl (C=O) groups excluding carboxylic acids is 1. The van der Waals surface area contributed by atoms with Crippen molar-refractivity contribution in [2.75, 3.05) is 17.2 Å². The van der Waals surface area contributed by atoms with Crippen molar-refractivity contribution in [1.29, 1.82) is 0 Å². The van der Waals surface area contributed by atoms with E-state index in [9.17, 15) is 18.0 Å². The Morgan fingerprint density at radius 2 is 1.97 bits per heavy atom. The fourth-order valence-electron chi connectivity index (χ4n) is 3.48. The number of alkyl halides is 3. The zero-order chi connectivity index (χ0) is 22.2. The predicted molar refractivity (Wildman–Crippen MR) is 121 cm³/mol. The van der Waals surface area contributed by atoms with Crippen LogP contribution in [0.25, 0.3) is 10.4 Å². The molecule has 0 saturated carbocycles. The molecule has 0 aliphatic carbocycles. The summed E-state index contributed by atoms with van der Waals surface area (Å²) < 4.78 is 38.3. The van der Waals surface area contributed by atoms with Crippen molar-refractivity contribution in [1.82, 2.24) is 4.98 Å². The minimum atomic E-state index is -4.30. The number of aromatic nitrogens is 1. The molecule has 1 aliphatic heterocycles. The van der Waals surface area contributed by atoms with Gasteiger partial charge >= 0.3 is 191 Å². The fraction of sp³-hybridized carbons (Fsp3) is 0.273. The quantitative estimate of drug-likeness (QED) is 0.464. The van der Waals surface area contributed by atoms with Crippen molar-refractivity contribution in [3.63, 3.8) is 0 Å². The number of benzene rings is 2. The molecule has 1 aliphatic rings. The predicted octanol–water partition coefficient (Wildman–Crippen LogP) is 4.96. The molecule has 2 heterocycles. The van der Waals surface area contributed by atoms with E-state index < -0.39 is 11.7 Å². The summed E-state index contributed by atoms with van der Waals surface area (Å²) in [6, 6.07) is 11.3. The van der Waals surface area contributed by atoms with Gasteiger partial charge in [-0.25, -0.2) is 0 Å². The van der Waals surface area contributed by atoms with Crippen molar-refractivity contribution >= 4 is 44.9 Å². The molecule has 0 bridgehead atoms. The van der Waals surface area contributed by atoms with Gasteiger partial charge in [0.25, 0.3) is 0 Å². The standard InChI is InChI=1S/C22H21AsF3N3OS/c1-12-17-9-14(4-7-18(17)29-20(12)30)19-11-28-21(31-19)27-10-16(23)8-13-2-5-15(6-3-13)22(24,25)26/h2-7,9,11-12,16H,8,10,23H2,1H3,(H,27,28)(H,29,30). The van der Waals surface area contributed by atoms with Crippen LogP contribution >= 0.6 is 11.3 Å².